The number of hydrogen-bond acceptors (Lipinski definition) is 2. The van der Waals surface area contributed by atoms with Crippen LogP contribution in [0.4, 0.5) is 19.3 Å². The van der Waals surface area contributed by atoms with Crippen molar-refractivity contribution >= 4 is 17.6 Å². The normalized spacial score (nSPS) is 21.5. The number of benzene rings is 1. The van der Waals surface area contributed by atoms with Gasteiger partial charge in [-0.3, -0.25) is 4.79 Å². The molecule has 0 radical (unpaired) electrons. The number of amides is 3. The molecule has 3 amide bonds. The van der Waals surface area contributed by atoms with E-state index < -0.39 is 23.1 Å². The minimum absolute atomic E-state index is 0.191. The van der Waals surface area contributed by atoms with Crippen molar-refractivity contribution in [2.45, 2.75) is 32.1 Å². The van der Waals surface area contributed by atoms with E-state index in [9.17, 15) is 18.4 Å². The molecule has 1 aromatic rings. The Morgan fingerprint density at radius 2 is 1.81 bits per heavy atom. The summed E-state index contributed by atoms with van der Waals surface area (Å²) in [4.78, 5) is 25.6. The number of nitrogens with zero attached hydrogens (tertiary/aromatic N) is 1. The van der Waals surface area contributed by atoms with Gasteiger partial charge in [0.2, 0.25) is 5.91 Å². The van der Waals surface area contributed by atoms with Crippen LogP contribution in [0.5, 0.6) is 0 Å². The summed E-state index contributed by atoms with van der Waals surface area (Å²) in [5.41, 5.74) is -0.837. The average Bonchev–Trinajstić information content (AvgIpc) is 2.47. The van der Waals surface area contributed by atoms with Gasteiger partial charge in [-0.2, -0.15) is 0 Å². The van der Waals surface area contributed by atoms with E-state index in [4.69, 9.17) is 0 Å². The topological polar surface area (TPSA) is 49.4 Å². The first-order valence-corrected chi connectivity index (χ1v) is 7.11. The van der Waals surface area contributed by atoms with Crippen LogP contribution in [0.25, 0.3) is 0 Å². The zero-order valence-corrected chi connectivity index (χ0v) is 11.5. The van der Waals surface area contributed by atoms with E-state index in [1.165, 1.54) is 0 Å². The zero-order valence-electron chi connectivity index (χ0n) is 11.5. The van der Waals surface area contributed by atoms with Gasteiger partial charge in [-0.1, -0.05) is 19.3 Å². The molecule has 3 rings (SSSR count). The lowest BCUT2D eigenvalue weighted by molar-refractivity contribution is -0.130. The van der Waals surface area contributed by atoms with E-state index in [-0.39, 0.29) is 11.6 Å². The molecule has 1 saturated heterocycles. The molecule has 112 valence electrons. The van der Waals surface area contributed by atoms with Crippen molar-refractivity contribution in [3.8, 4) is 0 Å². The molecule has 2 fully saturated rings. The van der Waals surface area contributed by atoms with Crippen LogP contribution in [0.15, 0.2) is 18.2 Å². The summed E-state index contributed by atoms with van der Waals surface area (Å²) in [6.45, 7) is 0.296. The second kappa shape index (κ2) is 5.09. The van der Waals surface area contributed by atoms with Crippen LogP contribution in [0.2, 0.25) is 0 Å². The molecule has 1 aliphatic carbocycles. The summed E-state index contributed by atoms with van der Waals surface area (Å²) < 4.78 is 26.9. The summed E-state index contributed by atoms with van der Waals surface area (Å²) in [6.07, 6.45) is 4.27. The van der Waals surface area contributed by atoms with Gasteiger partial charge in [-0.05, 0) is 25.0 Å². The average molecular weight is 294 g/mol. The van der Waals surface area contributed by atoms with E-state index in [2.05, 4.69) is 5.32 Å². The van der Waals surface area contributed by atoms with Crippen molar-refractivity contribution in [2.75, 3.05) is 11.4 Å². The Hall–Kier alpha value is -1.98. The van der Waals surface area contributed by atoms with Gasteiger partial charge in [0.25, 0.3) is 0 Å². The summed E-state index contributed by atoms with van der Waals surface area (Å²) >= 11 is 0. The second-order valence-corrected chi connectivity index (χ2v) is 5.74. The Bertz CT molecular complexity index is 597. The number of nitrogens with one attached hydrogen (secondary N) is 1. The number of rotatable bonds is 1. The summed E-state index contributed by atoms with van der Waals surface area (Å²) in [7, 11) is 0. The van der Waals surface area contributed by atoms with Crippen molar-refractivity contribution < 1.29 is 18.4 Å². The maximum Gasteiger partial charge on any atom is 0.328 e. The van der Waals surface area contributed by atoms with Gasteiger partial charge in [0.15, 0.2) is 0 Å². The molecular weight excluding hydrogens is 278 g/mol. The SMILES string of the molecule is O=C1NCC2(CCCCC2)C(=O)N1c1ccc(F)cc1F. The van der Waals surface area contributed by atoms with Crippen molar-refractivity contribution in [3.63, 3.8) is 0 Å². The Morgan fingerprint density at radius 1 is 1.10 bits per heavy atom. The molecule has 2 aliphatic rings. The summed E-state index contributed by atoms with van der Waals surface area (Å²) in [5, 5.41) is 2.67. The van der Waals surface area contributed by atoms with Crippen molar-refractivity contribution in [1.29, 1.82) is 0 Å². The van der Waals surface area contributed by atoms with E-state index in [1.54, 1.807) is 0 Å². The molecule has 1 heterocycles. The third-order valence-corrected chi connectivity index (χ3v) is 4.40. The Morgan fingerprint density at radius 3 is 2.48 bits per heavy atom. The molecule has 21 heavy (non-hydrogen) atoms. The van der Waals surface area contributed by atoms with Gasteiger partial charge in [0.05, 0.1) is 11.1 Å². The van der Waals surface area contributed by atoms with E-state index in [1.807, 2.05) is 0 Å². The highest BCUT2D eigenvalue weighted by atomic mass is 19.1. The molecule has 1 saturated carbocycles. The van der Waals surface area contributed by atoms with E-state index in [0.29, 0.717) is 25.5 Å². The molecule has 4 nitrogen and oxygen atoms in total. The maximum atomic E-state index is 13.9. The Balaban J connectivity index is 1.99. The smallest absolute Gasteiger partial charge is 0.328 e. The lowest BCUT2D eigenvalue weighted by Crippen LogP contribution is -2.61. The standard InChI is InChI=1S/C15H16F2N2O2/c16-10-4-5-12(11(17)8-10)19-13(20)15(9-18-14(19)21)6-2-1-3-7-15/h4-5,8H,1-3,6-7,9H2,(H,18,21). The van der Waals surface area contributed by atoms with Crippen LogP contribution in [0.3, 0.4) is 0 Å². The molecule has 1 aliphatic heterocycles. The molecule has 0 atom stereocenters. The summed E-state index contributed by atoms with van der Waals surface area (Å²) in [5.74, 6) is -2.03. The third-order valence-electron chi connectivity index (χ3n) is 4.40. The fourth-order valence-corrected chi connectivity index (χ4v) is 3.23. The first kappa shape index (κ1) is 14.0. The lowest BCUT2D eigenvalue weighted by Gasteiger charge is -2.43. The predicted octanol–water partition coefficient (Wildman–Crippen LogP) is 2.97. The maximum absolute atomic E-state index is 13.9. The second-order valence-electron chi connectivity index (χ2n) is 5.74. The van der Waals surface area contributed by atoms with Gasteiger partial charge < -0.3 is 5.32 Å². The van der Waals surface area contributed by atoms with Crippen molar-refractivity contribution in [1.82, 2.24) is 5.32 Å². The third kappa shape index (κ3) is 2.28. The number of anilines is 1. The fourth-order valence-electron chi connectivity index (χ4n) is 3.23. The minimum Gasteiger partial charge on any atom is -0.336 e. The largest absolute Gasteiger partial charge is 0.336 e. The highest BCUT2D eigenvalue weighted by Gasteiger charge is 2.48. The van der Waals surface area contributed by atoms with Crippen LogP contribution in [-0.4, -0.2) is 18.5 Å². The molecule has 6 heteroatoms. The monoisotopic (exact) mass is 294 g/mol. The highest BCUT2D eigenvalue weighted by Crippen LogP contribution is 2.40. The zero-order chi connectivity index (χ0) is 15.0. The predicted molar refractivity (Wildman–Crippen MR) is 72.8 cm³/mol. The fraction of sp³-hybridized carbons (Fsp3) is 0.467. The Labute approximate surface area is 121 Å². The number of carbonyl (C=O) groups excluding carboxylic acids is 2. The quantitative estimate of drug-likeness (QED) is 0.865. The molecule has 0 unspecified atom stereocenters. The number of carbonyl (C=O) groups is 2. The van der Waals surface area contributed by atoms with Crippen molar-refractivity contribution in [2.24, 2.45) is 5.41 Å². The first-order chi connectivity index (χ1) is 10.0. The minimum atomic E-state index is -0.911. The van der Waals surface area contributed by atoms with Crippen LogP contribution in [-0.2, 0) is 4.79 Å². The first-order valence-electron chi connectivity index (χ1n) is 7.11. The lowest BCUT2D eigenvalue weighted by atomic mass is 9.72. The number of hydrogen-bond donors (Lipinski definition) is 1. The molecular formula is C15H16F2N2O2. The van der Waals surface area contributed by atoms with Crippen LogP contribution in [0.1, 0.15) is 32.1 Å². The van der Waals surface area contributed by atoms with Crippen LogP contribution in [0, 0.1) is 17.0 Å². The van der Waals surface area contributed by atoms with Crippen LogP contribution >= 0.6 is 0 Å². The molecule has 1 N–H and O–H groups in total. The van der Waals surface area contributed by atoms with Gasteiger partial charge >= 0.3 is 6.03 Å². The molecule has 0 bridgehead atoms. The molecule has 1 spiro atoms. The Kier molecular flexibility index (Phi) is 3.39. The van der Waals surface area contributed by atoms with Gasteiger partial charge in [-0.15, -0.1) is 0 Å². The van der Waals surface area contributed by atoms with E-state index >= 15 is 0 Å². The van der Waals surface area contributed by atoms with Crippen molar-refractivity contribution in [3.05, 3.63) is 29.8 Å². The number of halogens is 2. The number of imide groups is 1. The number of urea groups is 1. The van der Waals surface area contributed by atoms with Crippen LogP contribution < -0.4 is 10.2 Å². The molecule has 1 aromatic carbocycles. The van der Waals surface area contributed by atoms with Gasteiger partial charge in [0, 0.05) is 12.6 Å². The van der Waals surface area contributed by atoms with Gasteiger partial charge in [-0.25, -0.2) is 18.5 Å². The molecule has 0 aromatic heterocycles. The highest BCUT2D eigenvalue weighted by molar-refractivity contribution is 6.18. The van der Waals surface area contributed by atoms with E-state index in [0.717, 1.165) is 36.3 Å². The summed E-state index contributed by atoms with van der Waals surface area (Å²) in [6, 6.07) is 2.20. The van der Waals surface area contributed by atoms with Gasteiger partial charge in [0.1, 0.15) is 11.6 Å².